The molecule has 6 nitrogen and oxygen atoms in total. The molecule has 2 rings (SSSR count). The maximum absolute atomic E-state index is 5.96. The Balaban J connectivity index is 1.73. The van der Waals surface area contributed by atoms with Crippen LogP contribution in [-0.4, -0.2) is 78.3 Å². The molecule has 23 heavy (non-hydrogen) atoms. The fraction of sp³-hybridized carbons (Fsp3) is 1.00. The summed E-state index contributed by atoms with van der Waals surface area (Å²) < 4.78 is 23.8. The maximum Gasteiger partial charge on any atom is 0.207 e. The molecule has 2 saturated heterocycles. The maximum atomic E-state index is 5.96. The van der Waals surface area contributed by atoms with E-state index in [0.29, 0.717) is 26.4 Å². The van der Waals surface area contributed by atoms with Gasteiger partial charge in [0.2, 0.25) is 12.6 Å². The molecule has 136 valence electrons. The van der Waals surface area contributed by atoms with Gasteiger partial charge in [0.1, 0.15) is 13.1 Å². The normalized spacial score (nSPS) is 32.1. The zero-order valence-corrected chi connectivity index (χ0v) is 15.4. The van der Waals surface area contributed by atoms with Gasteiger partial charge in [0, 0.05) is 0 Å². The molecular formula is C17H36N2O4+2. The van der Waals surface area contributed by atoms with Gasteiger partial charge in [0.25, 0.3) is 0 Å². The van der Waals surface area contributed by atoms with Crippen LogP contribution >= 0.6 is 0 Å². The molecule has 2 heterocycles. The minimum absolute atomic E-state index is 0.0895. The van der Waals surface area contributed by atoms with Crippen molar-refractivity contribution >= 4 is 0 Å². The minimum atomic E-state index is -0.121. The highest BCUT2D eigenvalue weighted by Crippen LogP contribution is 2.29. The highest BCUT2D eigenvalue weighted by Gasteiger charge is 2.43. The Kier molecular flexibility index (Phi) is 7.72. The monoisotopic (exact) mass is 332 g/mol. The topological polar surface area (TPSA) is 45.8 Å². The molecule has 0 radical (unpaired) electrons. The average Bonchev–Trinajstić information content (AvgIpc) is 2.61. The zero-order valence-electron chi connectivity index (χ0n) is 15.4. The third kappa shape index (κ3) is 5.37. The SMILES string of the molecule is CC[NH+](CC)CC1OCC2(CO1)COC(C[NH+](CC)CC)OC2. The number of ether oxygens (including phenoxy) is 4. The molecule has 2 aliphatic heterocycles. The Morgan fingerprint density at radius 1 is 0.652 bits per heavy atom. The number of quaternary nitrogens is 2. The fourth-order valence-electron chi connectivity index (χ4n) is 3.21. The molecule has 1 spiro atoms. The highest BCUT2D eigenvalue weighted by atomic mass is 16.7. The van der Waals surface area contributed by atoms with E-state index >= 15 is 0 Å². The summed E-state index contributed by atoms with van der Waals surface area (Å²) in [6, 6.07) is 0. The van der Waals surface area contributed by atoms with Crippen molar-refractivity contribution in [2.45, 2.75) is 40.3 Å². The second-order valence-corrected chi connectivity index (χ2v) is 6.93. The predicted octanol–water partition coefficient (Wildman–Crippen LogP) is -1.43. The summed E-state index contributed by atoms with van der Waals surface area (Å²) in [6.07, 6.45) is -0.179. The molecular weight excluding hydrogens is 296 g/mol. The van der Waals surface area contributed by atoms with E-state index in [1.165, 1.54) is 9.80 Å². The lowest BCUT2D eigenvalue weighted by atomic mass is 9.91. The molecule has 0 bridgehead atoms. The van der Waals surface area contributed by atoms with Crippen LogP contribution in [0.5, 0.6) is 0 Å². The van der Waals surface area contributed by atoms with Crippen LogP contribution in [-0.2, 0) is 18.9 Å². The van der Waals surface area contributed by atoms with Crippen molar-refractivity contribution in [3.05, 3.63) is 0 Å². The van der Waals surface area contributed by atoms with Gasteiger partial charge in [-0.3, -0.25) is 0 Å². The summed E-state index contributed by atoms with van der Waals surface area (Å²) in [5.41, 5.74) is -0.121. The van der Waals surface area contributed by atoms with Crippen LogP contribution in [0.25, 0.3) is 0 Å². The van der Waals surface area contributed by atoms with E-state index in [1.807, 2.05) is 0 Å². The van der Waals surface area contributed by atoms with Gasteiger partial charge in [-0.1, -0.05) is 0 Å². The summed E-state index contributed by atoms with van der Waals surface area (Å²) in [5, 5.41) is 0. The standard InChI is InChI=1S/C17H34N2O4/c1-5-18(6-2)9-15-20-11-17(12-21-15)13-22-16(23-14-17)10-19(7-3)8-4/h15-16H,5-14H2,1-4H3/p+2. The van der Waals surface area contributed by atoms with E-state index in [1.54, 1.807) is 0 Å². The van der Waals surface area contributed by atoms with E-state index in [9.17, 15) is 0 Å². The van der Waals surface area contributed by atoms with Crippen LogP contribution in [0.2, 0.25) is 0 Å². The van der Waals surface area contributed by atoms with Gasteiger partial charge in [-0.2, -0.15) is 0 Å². The first-order valence-corrected chi connectivity index (χ1v) is 9.28. The van der Waals surface area contributed by atoms with Gasteiger partial charge in [0.05, 0.1) is 58.0 Å². The van der Waals surface area contributed by atoms with E-state index in [2.05, 4.69) is 27.7 Å². The van der Waals surface area contributed by atoms with Crippen molar-refractivity contribution in [1.82, 2.24) is 0 Å². The van der Waals surface area contributed by atoms with Gasteiger partial charge < -0.3 is 28.7 Å². The third-order valence-electron chi connectivity index (χ3n) is 5.21. The molecule has 0 aromatic carbocycles. The smallest absolute Gasteiger partial charge is 0.207 e. The number of hydrogen-bond acceptors (Lipinski definition) is 4. The summed E-state index contributed by atoms with van der Waals surface area (Å²) in [7, 11) is 0. The van der Waals surface area contributed by atoms with E-state index < -0.39 is 0 Å². The van der Waals surface area contributed by atoms with E-state index in [-0.39, 0.29) is 18.0 Å². The molecule has 0 aliphatic carbocycles. The van der Waals surface area contributed by atoms with Crippen molar-refractivity contribution in [3.8, 4) is 0 Å². The van der Waals surface area contributed by atoms with Crippen molar-refractivity contribution in [1.29, 1.82) is 0 Å². The Hall–Kier alpha value is -0.240. The second kappa shape index (κ2) is 9.30. The fourth-order valence-corrected chi connectivity index (χ4v) is 3.21. The van der Waals surface area contributed by atoms with Gasteiger partial charge in [-0.15, -0.1) is 0 Å². The zero-order chi connectivity index (χ0) is 16.7. The lowest BCUT2D eigenvalue weighted by molar-refractivity contribution is -0.903. The molecule has 0 unspecified atom stereocenters. The summed E-state index contributed by atoms with van der Waals surface area (Å²) in [4.78, 5) is 3.01. The van der Waals surface area contributed by atoms with Crippen molar-refractivity contribution in [2.75, 3.05) is 65.7 Å². The first-order chi connectivity index (χ1) is 11.1. The largest absolute Gasteiger partial charge is 0.347 e. The van der Waals surface area contributed by atoms with Crippen LogP contribution in [0.1, 0.15) is 27.7 Å². The Labute approximate surface area is 141 Å². The lowest BCUT2D eigenvalue weighted by Gasteiger charge is -2.43. The summed E-state index contributed by atoms with van der Waals surface area (Å²) in [6.45, 7) is 17.7. The number of rotatable bonds is 8. The van der Waals surface area contributed by atoms with Crippen molar-refractivity contribution in [2.24, 2.45) is 5.41 Å². The molecule has 0 atom stereocenters. The third-order valence-corrected chi connectivity index (χ3v) is 5.21. The van der Waals surface area contributed by atoms with Crippen LogP contribution in [0.4, 0.5) is 0 Å². The Morgan fingerprint density at radius 2 is 0.957 bits per heavy atom. The molecule has 0 aromatic heterocycles. The van der Waals surface area contributed by atoms with Crippen molar-refractivity contribution < 1.29 is 28.7 Å². The Morgan fingerprint density at radius 3 is 1.22 bits per heavy atom. The van der Waals surface area contributed by atoms with Crippen LogP contribution in [0, 0.1) is 5.41 Å². The average molecular weight is 332 g/mol. The van der Waals surface area contributed by atoms with Crippen LogP contribution in [0.15, 0.2) is 0 Å². The van der Waals surface area contributed by atoms with Gasteiger partial charge in [-0.25, -0.2) is 0 Å². The lowest BCUT2D eigenvalue weighted by Crippen LogP contribution is -3.12. The van der Waals surface area contributed by atoms with Gasteiger partial charge >= 0.3 is 0 Å². The van der Waals surface area contributed by atoms with Crippen molar-refractivity contribution in [3.63, 3.8) is 0 Å². The minimum Gasteiger partial charge on any atom is -0.347 e. The molecule has 2 aliphatic rings. The molecule has 0 saturated carbocycles. The Bertz CT molecular complexity index is 283. The molecule has 2 fully saturated rings. The van der Waals surface area contributed by atoms with Crippen LogP contribution in [0.3, 0.4) is 0 Å². The first kappa shape index (κ1) is 19.1. The number of likely N-dealkylation sites (N-methyl/N-ethyl adjacent to an activating group) is 2. The van der Waals surface area contributed by atoms with E-state index in [0.717, 1.165) is 39.3 Å². The summed E-state index contributed by atoms with van der Waals surface area (Å²) in [5.74, 6) is 0. The molecule has 2 N–H and O–H groups in total. The molecule has 0 amide bonds. The predicted molar refractivity (Wildman–Crippen MR) is 87.6 cm³/mol. The highest BCUT2D eigenvalue weighted by molar-refractivity contribution is 4.84. The van der Waals surface area contributed by atoms with Gasteiger partial charge in [0.15, 0.2) is 0 Å². The quantitative estimate of drug-likeness (QED) is 0.572. The summed E-state index contributed by atoms with van der Waals surface area (Å²) >= 11 is 0. The number of nitrogens with one attached hydrogen (secondary N) is 2. The second-order valence-electron chi connectivity index (χ2n) is 6.93. The molecule has 0 aromatic rings. The van der Waals surface area contributed by atoms with E-state index in [4.69, 9.17) is 18.9 Å². The first-order valence-electron chi connectivity index (χ1n) is 9.28. The molecule has 6 heteroatoms. The van der Waals surface area contributed by atoms with Crippen LogP contribution < -0.4 is 9.80 Å². The number of hydrogen-bond donors (Lipinski definition) is 2. The van der Waals surface area contributed by atoms with Gasteiger partial charge in [-0.05, 0) is 27.7 Å².